The van der Waals surface area contributed by atoms with Crippen molar-refractivity contribution >= 4 is 11.8 Å². The summed E-state index contributed by atoms with van der Waals surface area (Å²) in [7, 11) is 0. The van der Waals surface area contributed by atoms with Gasteiger partial charge in [-0.2, -0.15) is 0 Å². The van der Waals surface area contributed by atoms with E-state index in [1.165, 1.54) is 13.1 Å². The van der Waals surface area contributed by atoms with E-state index >= 15 is 0 Å². The van der Waals surface area contributed by atoms with Crippen molar-refractivity contribution in [1.29, 1.82) is 0 Å². The normalized spacial score (nSPS) is 32.2. The van der Waals surface area contributed by atoms with E-state index in [4.69, 9.17) is 0 Å². The molecule has 1 saturated heterocycles. The summed E-state index contributed by atoms with van der Waals surface area (Å²) in [5.41, 5.74) is 0. The molecule has 0 aromatic heterocycles. The minimum Gasteiger partial charge on any atom is -0.295 e. The highest BCUT2D eigenvalue weighted by Gasteiger charge is 2.32. The number of thioether (sulfide) groups is 1. The van der Waals surface area contributed by atoms with Gasteiger partial charge in [-0.1, -0.05) is 0 Å². The lowest BCUT2D eigenvalue weighted by Gasteiger charge is -2.47. The molecule has 0 amide bonds. The molecule has 3 heteroatoms. The number of nitrogens with zero attached hydrogens (tertiary/aromatic N) is 2. The summed E-state index contributed by atoms with van der Waals surface area (Å²) < 4.78 is 0. The molecule has 1 unspecified atom stereocenters. The molecule has 2 nitrogen and oxygen atoms in total. The second-order valence-electron chi connectivity index (χ2n) is 5.02. The van der Waals surface area contributed by atoms with Gasteiger partial charge in [0.1, 0.15) is 0 Å². The second-order valence-corrected chi connectivity index (χ2v) is 6.17. The van der Waals surface area contributed by atoms with Gasteiger partial charge in [0.05, 0.1) is 5.37 Å². The van der Waals surface area contributed by atoms with Crippen LogP contribution in [0.15, 0.2) is 0 Å². The predicted molar refractivity (Wildman–Crippen MR) is 70.4 cm³/mol. The minimum atomic E-state index is 0.650. The molecule has 0 radical (unpaired) electrons. The van der Waals surface area contributed by atoms with E-state index in [0.717, 1.165) is 0 Å². The van der Waals surface area contributed by atoms with Crippen molar-refractivity contribution in [3.63, 3.8) is 0 Å². The fourth-order valence-electron chi connectivity index (χ4n) is 2.54. The molecular formula is C12H26N2S. The van der Waals surface area contributed by atoms with Crippen molar-refractivity contribution in [3.8, 4) is 0 Å². The van der Waals surface area contributed by atoms with Crippen LogP contribution in [0.3, 0.4) is 0 Å². The average Bonchev–Trinajstić information content (AvgIpc) is 2.19. The largest absolute Gasteiger partial charge is 0.295 e. The standard InChI is InChI=1S/C12H26N2S/c1-9(2)13-7-11(4)14(8-10(13)3)12(5)15-6/h9-12H,7-8H2,1-6H3/t10-,11-,12?/m1/s1. The maximum Gasteiger partial charge on any atom is 0.0529 e. The van der Waals surface area contributed by atoms with Gasteiger partial charge in [0.15, 0.2) is 0 Å². The SMILES string of the molecule is CSC(C)N1C[C@@H](C)N(C(C)C)C[C@H]1C. The quantitative estimate of drug-likeness (QED) is 0.735. The number of hydrogen-bond acceptors (Lipinski definition) is 3. The summed E-state index contributed by atoms with van der Waals surface area (Å²) in [6, 6.07) is 2.05. The first kappa shape index (κ1) is 13.3. The molecule has 0 bridgehead atoms. The van der Waals surface area contributed by atoms with Gasteiger partial charge in [-0.25, -0.2) is 0 Å². The van der Waals surface area contributed by atoms with E-state index in [1.807, 2.05) is 11.8 Å². The first-order chi connectivity index (χ1) is 6.97. The van der Waals surface area contributed by atoms with Crippen molar-refractivity contribution in [2.75, 3.05) is 19.3 Å². The molecule has 1 aliphatic heterocycles. The molecule has 0 aromatic carbocycles. The van der Waals surface area contributed by atoms with Gasteiger partial charge in [0.25, 0.3) is 0 Å². The zero-order valence-electron chi connectivity index (χ0n) is 11.0. The Morgan fingerprint density at radius 2 is 1.47 bits per heavy atom. The predicted octanol–water partition coefficient (Wildman–Crippen LogP) is 2.50. The molecule has 0 aromatic rings. The minimum absolute atomic E-state index is 0.650. The van der Waals surface area contributed by atoms with Crippen molar-refractivity contribution < 1.29 is 0 Å². The highest BCUT2D eigenvalue weighted by Crippen LogP contribution is 2.23. The number of piperazine rings is 1. The fraction of sp³-hybridized carbons (Fsp3) is 1.00. The summed E-state index contributed by atoms with van der Waals surface area (Å²) >= 11 is 1.95. The molecule has 90 valence electrons. The van der Waals surface area contributed by atoms with Crippen LogP contribution in [-0.4, -0.2) is 52.6 Å². The lowest BCUT2D eigenvalue weighted by Crippen LogP contribution is -2.59. The molecule has 3 atom stereocenters. The zero-order chi connectivity index (χ0) is 11.6. The van der Waals surface area contributed by atoms with Gasteiger partial charge >= 0.3 is 0 Å². The van der Waals surface area contributed by atoms with Crippen LogP contribution in [0.25, 0.3) is 0 Å². The Kier molecular flexibility index (Phi) is 4.94. The van der Waals surface area contributed by atoms with Crippen molar-refractivity contribution in [2.24, 2.45) is 0 Å². The van der Waals surface area contributed by atoms with E-state index in [-0.39, 0.29) is 0 Å². The van der Waals surface area contributed by atoms with Gasteiger partial charge in [0, 0.05) is 31.2 Å². The Labute approximate surface area is 99.4 Å². The van der Waals surface area contributed by atoms with Gasteiger partial charge in [-0.05, 0) is 40.9 Å². The molecule has 0 spiro atoms. The lowest BCUT2D eigenvalue weighted by molar-refractivity contribution is 0.0206. The van der Waals surface area contributed by atoms with Crippen molar-refractivity contribution in [3.05, 3.63) is 0 Å². The molecular weight excluding hydrogens is 204 g/mol. The maximum absolute atomic E-state index is 2.63. The Morgan fingerprint density at radius 1 is 1.00 bits per heavy atom. The third-order valence-electron chi connectivity index (χ3n) is 3.55. The molecule has 0 aliphatic carbocycles. The molecule has 1 heterocycles. The van der Waals surface area contributed by atoms with Crippen LogP contribution in [0.4, 0.5) is 0 Å². The van der Waals surface area contributed by atoms with Gasteiger partial charge in [-0.3, -0.25) is 9.80 Å². The summed E-state index contributed by atoms with van der Waals surface area (Å²) in [6.45, 7) is 14.1. The summed E-state index contributed by atoms with van der Waals surface area (Å²) in [6.07, 6.45) is 2.21. The molecule has 1 rings (SSSR count). The van der Waals surface area contributed by atoms with Crippen LogP contribution in [0.2, 0.25) is 0 Å². The van der Waals surface area contributed by atoms with Crippen LogP contribution in [-0.2, 0) is 0 Å². The van der Waals surface area contributed by atoms with Crippen LogP contribution in [0, 0.1) is 0 Å². The summed E-state index contributed by atoms with van der Waals surface area (Å²) in [5, 5.41) is 0.650. The monoisotopic (exact) mass is 230 g/mol. The molecule has 1 fully saturated rings. The molecule has 15 heavy (non-hydrogen) atoms. The van der Waals surface area contributed by atoms with Crippen molar-refractivity contribution in [2.45, 2.75) is 58.1 Å². The summed E-state index contributed by atoms with van der Waals surface area (Å²) in [4.78, 5) is 5.25. The fourth-order valence-corrected chi connectivity index (χ4v) is 3.11. The Hall–Kier alpha value is 0.270. The Morgan fingerprint density at radius 3 is 1.93 bits per heavy atom. The van der Waals surface area contributed by atoms with Gasteiger partial charge in [0.2, 0.25) is 0 Å². The average molecular weight is 230 g/mol. The van der Waals surface area contributed by atoms with Crippen molar-refractivity contribution in [1.82, 2.24) is 9.80 Å². The van der Waals surface area contributed by atoms with Gasteiger partial charge < -0.3 is 0 Å². The van der Waals surface area contributed by atoms with Crippen LogP contribution in [0.5, 0.6) is 0 Å². The van der Waals surface area contributed by atoms with Gasteiger partial charge in [-0.15, -0.1) is 11.8 Å². The topological polar surface area (TPSA) is 6.48 Å². The Balaban J connectivity index is 2.62. The van der Waals surface area contributed by atoms with Crippen LogP contribution >= 0.6 is 11.8 Å². The highest BCUT2D eigenvalue weighted by atomic mass is 32.2. The maximum atomic E-state index is 2.63. The smallest absolute Gasteiger partial charge is 0.0529 e. The molecule has 1 aliphatic rings. The van der Waals surface area contributed by atoms with Crippen LogP contribution in [0.1, 0.15) is 34.6 Å². The first-order valence-corrected chi connectivity index (χ1v) is 7.30. The van der Waals surface area contributed by atoms with E-state index in [2.05, 4.69) is 50.7 Å². The third kappa shape index (κ3) is 3.11. The summed E-state index contributed by atoms with van der Waals surface area (Å²) in [5.74, 6) is 0. The highest BCUT2D eigenvalue weighted by molar-refractivity contribution is 7.99. The van der Waals surface area contributed by atoms with E-state index < -0.39 is 0 Å². The first-order valence-electron chi connectivity index (χ1n) is 6.01. The molecule has 0 N–H and O–H groups in total. The lowest BCUT2D eigenvalue weighted by atomic mass is 10.1. The van der Waals surface area contributed by atoms with Crippen LogP contribution < -0.4 is 0 Å². The van der Waals surface area contributed by atoms with E-state index in [0.29, 0.717) is 23.5 Å². The zero-order valence-corrected chi connectivity index (χ0v) is 11.8. The second kappa shape index (κ2) is 5.55. The van der Waals surface area contributed by atoms with E-state index in [9.17, 15) is 0 Å². The van der Waals surface area contributed by atoms with E-state index in [1.54, 1.807) is 0 Å². The number of hydrogen-bond donors (Lipinski definition) is 0. The number of rotatable bonds is 3. The Bertz CT molecular complexity index is 196. The molecule has 0 saturated carbocycles. The third-order valence-corrected chi connectivity index (χ3v) is 4.51.